The number of imide groups is 1. The van der Waals surface area contributed by atoms with Crippen LogP contribution in [-0.4, -0.2) is 34.8 Å². The van der Waals surface area contributed by atoms with E-state index in [1.165, 1.54) is 0 Å². The van der Waals surface area contributed by atoms with Crippen LogP contribution in [-0.2, 0) is 9.59 Å². The number of carbonyl (C=O) groups is 3. The van der Waals surface area contributed by atoms with Gasteiger partial charge >= 0.3 is 6.03 Å². The molecule has 0 spiro atoms. The molecule has 2 rings (SSSR count). The summed E-state index contributed by atoms with van der Waals surface area (Å²) in [7, 11) is 0. The molecule has 0 aromatic heterocycles. The molecule has 0 unspecified atom stereocenters. The lowest BCUT2D eigenvalue weighted by Crippen LogP contribution is -2.44. The van der Waals surface area contributed by atoms with Gasteiger partial charge in [0, 0.05) is 5.69 Å². The van der Waals surface area contributed by atoms with Crippen molar-refractivity contribution in [3.8, 4) is 0 Å². The standard InChI is InChI=1S/C20H29N3O3/c1-5-6-7-8-11-20(4)18(25)23(19(26)22-20)13-17(24)21-16-12-14(2)9-10-15(16)3/h9-10,12H,5-8,11,13H2,1-4H3,(H,21,24)(H,22,26)/t20-/m1/s1. The number of anilines is 1. The molecule has 0 bridgehead atoms. The molecule has 1 atom stereocenters. The molecule has 1 aliphatic heterocycles. The molecule has 0 saturated carbocycles. The van der Waals surface area contributed by atoms with Gasteiger partial charge in [0.05, 0.1) is 0 Å². The van der Waals surface area contributed by atoms with Gasteiger partial charge in [-0.1, -0.05) is 44.7 Å². The normalized spacial score (nSPS) is 19.6. The Hall–Kier alpha value is -2.37. The molecule has 4 amide bonds. The number of aryl methyl sites for hydroxylation is 2. The average Bonchev–Trinajstić information content (AvgIpc) is 2.79. The van der Waals surface area contributed by atoms with Crippen molar-refractivity contribution in [3.05, 3.63) is 29.3 Å². The van der Waals surface area contributed by atoms with Gasteiger partial charge in [-0.2, -0.15) is 0 Å². The van der Waals surface area contributed by atoms with E-state index >= 15 is 0 Å². The highest BCUT2D eigenvalue weighted by atomic mass is 16.2. The van der Waals surface area contributed by atoms with Crippen LogP contribution in [0.3, 0.4) is 0 Å². The SMILES string of the molecule is CCCCCC[C@@]1(C)NC(=O)N(CC(=O)Nc2cc(C)ccc2C)C1=O. The maximum Gasteiger partial charge on any atom is 0.325 e. The summed E-state index contributed by atoms with van der Waals surface area (Å²) in [5.74, 6) is -0.701. The number of carbonyl (C=O) groups excluding carboxylic acids is 3. The van der Waals surface area contributed by atoms with Gasteiger partial charge in [-0.15, -0.1) is 0 Å². The second-order valence-corrected chi connectivity index (χ2v) is 7.33. The Morgan fingerprint density at radius 2 is 1.92 bits per heavy atom. The zero-order valence-electron chi connectivity index (χ0n) is 16.1. The van der Waals surface area contributed by atoms with Crippen molar-refractivity contribution in [1.29, 1.82) is 0 Å². The summed E-state index contributed by atoms with van der Waals surface area (Å²) in [6.45, 7) is 7.43. The number of nitrogens with one attached hydrogen (secondary N) is 2. The number of rotatable bonds is 8. The van der Waals surface area contributed by atoms with E-state index in [1.54, 1.807) is 6.92 Å². The molecule has 1 aromatic rings. The van der Waals surface area contributed by atoms with Gasteiger partial charge in [0.1, 0.15) is 12.1 Å². The van der Waals surface area contributed by atoms with E-state index < -0.39 is 11.6 Å². The minimum atomic E-state index is -0.912. The molecule has 2 N–H and O–H groups in total. The summed E-state index contributed by atoms with van der Waals surface area (Å²) in [6.07, 6.45) is 4.72. The van der Waals surface area contributed by atoms with E-state index in [0.29, 0.717) is 12.1 Å². The van der Waals surface area contributed by atoms with Crippen LogP contribution in [0, 0.1) is 13.8 Å². The zero-order valence-corrected chi connectivity index (χ0v) is 16.1. The maximum atomic E-state index is 12.7. The van der Waals surface area contributed by atoms with Crippen molar-refractivity contribution in [2.75, 3.05) is 11.9 Å². The summed E-state index contributed by atoms with van der Waals surface area (Å²) in [4.78, 5) is 38.2. The maximum absolute atomic E-state index is 12.7. The molecule has 142 valence electrons. The van der Waals surface area contributed by atoms with Crippen molar-refractivity contribution < 1.29 is 14.4 Å². The zero-order chi connectivity index (χ0) is 19.3. The topological polar surface area (TPSA) is 78.5 Å². The molecule has 1 saturated heterocycles. The number of benzene rings is 1. The smallest absolute Gasteiger partial charge is 0.324 e. The number of hydrogen-bond acceptors (Lipinski definition) is 3. The van der Waals surface area contributed by atoms with Crippen molar-refractivity contribution >= 4 is 23.5 Å². The highest BCUT2D eigenvalue weighted by Gasteiger charge is 2.47. The lowest BCUT2D eigenvalue weighted by atomic mass is 9.94. The summed E-state index contributed by atoms with van der Waals surface area (Å²) < 4.78 is 0. The van der Waals surface area contributed by atoms with Gasteiger partial charge in [-0.25, -0.2) is 4.79 Å². The van der Waals surface area contributed by atoms with E-state index in [4.69, 9.17) is 0 Å². The van der Waals surface area contributed by atoms with Crippen LogP contribution in [0.15, 0.2) is 18.2 Å². The van der Waals surface area contributed by atoms with E-state index in [-0.39, 0.29) is 18.4 Å². The Kier molecular flexibility index (Phi) is 6.40. The number of nitrogens with zero attached hydrogens (tertiary/aromatic N) is 1. The molecule has 6 heteroatoms. The van der Waals surface area contributed by atoms with Crippen LogP contribution in [0.4, 0.5) is 10.5 Å². The van der Waals surface area contributed by atoms with Gasteiger partial charge in [-0.05, 0) is 44.4 Å². The summed E-state index contributed by atoms with van der Waals surface area (Å²) in [5, 5.41) is 5.55. The minimum absolute atomic E-state index is 0.275. The molecule has 0 radical (unpaired) electrons. The van der Waals surface area contributed by atoms with E-state index in [9.17, 15) is 14.4 Å². The predicted octanol–water partition coefficient (Wildman–Crippen LogP) is 3.52. The third kappa shape index (κ3) is 4.62. The highest BCUT2D eigenvalue weighted by Crippen LogP contribution is 2.24. The molecule has 6 nitrogen and oxygen atoms in total. The molecular formula is C20H29N3O3. The first-order valence-corrected chi connectivity index (χ1v) is 9.28. The van der Waals surface area contributed by atoms with E-state index in [1.807, 2.05) is 32.0 Å². The first-order valence-electron chi connectivity index (χ1n) is 9.28. The van der Waals surface area contributed by atoms with Gasteiger partial charge < -0.3 is 10.6 Å². The van der Waals surface area contributed by atoms with Crippen molar-refractivity contribution in [2.24, 2.45) is 0 Å². The van der Waals surface area contributed by atoms with Gasteiger partial charge in [-0.3, -0.25) is 14.5 Å². The Balaban J connectivity index is 1.98. The van der Waals surface area contributed by atoms with Crippen LogP contribution < -0.4 is 10.6 Å². The monoisotopic (exact) mass is 359 g/mol. The van der Waals surface area contributed by atoms with E-state index in [0.717, 1.165) is 41.7 Å². The fourth-order valence-corrected chi connectivity index (χ4v) is 3.17. The Morgan fingerprint density at radius 3 is 2.62 bits per heavy atom. The van der Waals surface area contributed by atoms with Gasteiger partial charge in [0.15, 0.2) is 0 Å². The second kappa shape index (κ2) is 8.34. The fourth-order valence-electron chi connectivity index (χ4n) is 3.17. The molecule has 0 aliphatic carbocycles. The largest absolute Gasteiger partial charge is 0.325 e. The first kappa shape index (κ1) is 19.9. The summed E-state index contributed by atoms with van der Waals surface area (Å²) in [5.41, 5.74) is 1.75. The Bertz CT molecular complexity index is 702. The molecular weight excluding hydrogens is 330 g/mol. The van der Waals surface area contributed by atoms with Gasteiger partial charge in [0.25, 0.3) is 5.91 Å². The molecule has 1 aliphatic rings. The molecule has 26 heavy (non-hydrogen) atoms. The van der Waals surface area contributed by atoms with Crippen molar-refractivity contribution in [3.63, 3.8) is 0 Å². The van der Waals surface area contributed by atoms with E-state index in [2.05, 4.69) is 17.6 Å². The van der Waals surface area contributed by atoms with Gasteiger partial charge in [0.2, 0.25) is 5.91 Å². The average molecular weight is 359 g/mol. The second-order valence-electron chi connectivity index (χ2n) is 7.33. The number of amides is 4. The fraction of sp³-hybridized carbons (Fsp3) is 0.550. The lowest BCUT2D eigenvalue weighted by Gasteiger charge is -2.21. The molecule has 1 aromatic carbocycles. The minimum Gasteiger partial charge on any atom is -0.324 e. The number of urea groups is 1. The first-order chi connectivity index (χ1) is 12.3. The number of unbranched alkanes of at least 4 members (excludes halogenated alkanes) is 3. The molecule has 1 fully saturated rings. The van der Waals surface area contributed by atoms with Crippen molar-refractivity contribution in [1.82, 2.24) is 10.2 Å². The Morgan fingerprint density at radius 1 is 1.19 bits per heavy atom. The Labute approximate surface area is 155 Å². The predicted molar refractivity (Wildman–Crippen MR) is 102 cm³/mol. The molecule has 1 heterocycles. The summed E-state index contributed by atoms with van der Waals surface area (Å²) >= 11 is 0. The van der Waals surface area contributed by atoms with Crippen LogP contribution in [0.2, 0.25) is 0 Å². The highest BCUT2D eigenvalue weighted by molar-refractivity contribution is 6.10. The third-order valence-electron chi connectivity index (χ3n) is 4.84. The third-order valence-corrected chi connectivity index (χ3v) is 4.84. The summed E-state index contributed by atoms with van der Waals surface area (Å²) in [6, 6.07) is 5.26. The number of hydrogen-bond donors (Lipinski definition) is 2. The lowest BCUT2D eigenvalue weighted by molar-refractivity contribution is -0.133. The van der Waals surface area contributed by atoms with Crippen LogP contribution in [0.5, 0.6) is 0 Å². The van der Waals surface area contributed by atoms with Crippen LogP contribution in [0.25, 0.3) is 0 Å². The quantitative estimate of drug-likeness (QED) is 0.550. The van der Waals surface area contributed by atoms with Crippen molar-refractivity contribution in [2.45, 2.75) is 65.3 Å². The van der Waals surface area contributed by atoms with Crippen LogP contribution in [0.1, 0.15) is 57.1 Å². The van der Waals surface area contributed by atoms with Crippen LogP contribution >= 0.6 is 0 Å².